The quantitative estimate of drug-likeness (QED) is 0.753. The van der Waals surface area contributed by atoms with Gasteiger partial charge in [0.15, 0.2) is 0 Å². The molecule has 0 radical (unpaired) electrons. The van der Waals surface area contributed by atoms with Crippen molar-refractivity contribution in [2.24, 2.45) is 0 Å². The van der Waals surface area contributed by atoms with Crippen LogP contribution in [0.4, 0.5) is 4.39 Å². The Labute approximate surface area is 97.1 Å². The summed E-state index contributed by atoms with van der Waals surface area (Å²) in [5, 5.41) is 3.35. The minimum Gasteiger partial charge on any atom is -0.315 e. The Hall–Kier alpha value is -0.890. The highest BCUT2D eigenvalue weighted by Gasteiger charge is 2.37. The number of halogens is 1. The molecule has 0 unspecified atom stereocenters. The van der Waals surface area contributed by atoms with Crippen LogP contribution in [0.15, 0.2) is 24.3 Å². The fraction of sp³-hybridized carbons (Fsp3) is 0.571. The first-order valence-corrected chi connectivity index (χ1v) is 6.24. The lowest BCUT2D eigenvalue weighted by molar-refractivity contribution is 0.250. The second kappa shape index (κ2) is 4.96. The predicted molar refractivity (Wildman–Crippen MR) is 65.1 cm³/mol. The zero-order chi connectivity index (χ0) is 11.4. The number of benzene rings is 1. The number of hydrogen-bond donors (Lipinski definition) is 1. The topological polar surface area (TPSA) is 12.0 Å². The highest BCUT2D eigenvalue weighted by Crippen LogP contribution is 2.34. The van der Waals surface area contributed by atoms with Gasteiger partial charge in [0, 0.05) is 18.5 Å². The smallest absolute Gasteiger partial charge is 0.123 e. The van der Waals surface area contributed by atoms with Gasteiger partial charge in [-0.15, -0.1) is 0 Å². The van der Waals surface area contributed by atoms with Crippen molar-refractivity contribution in [2.45, 2.75) is 38.0 Å². The molecule has 1 aromatic rings. The Morgan fingerprint density at radius 1 is 1.19 bits per heavy atom. The molecule has 88 valence electrons. The summed E-state index contributed by atoms with van der Waals surface area (Å²) in [6.07, 6.45) is 5.05. The van der Waals surface area contributed by atoms with Crippen LogP contribution in [0.3, 0.4) is 0 Å². The normalized spacial score (nSPS) is 18.1. The van der Waals surface area contributed by atoms with Gasteiger partial charge in [-0.3, -0.25) is 0 Å². The Morgan fingerprint density at radius 3 is 2.38 bits per heavy atom. The number of nitrogens with one attached hydrogen (secondary N) is 1. The average molecular weight is 221 g/mol. The van der Waals surface area contributed by atoms with E-state index in [1.807, 2.05) is 12.1 Å². The van der Waals surface area contributed by atoms with Gasteiger partial charge < -0.3 is 5.32 Å². The van der Waals surface area contributed by atoms with E-state index in [0.717, 1.165) is 13.1 Å². The second-order valence-corrected chi connectivity index (χ2v) is 4.85. The van der Waals surface area contributed by atoms with Crippen LogP contribution < -0.4 is 5.32 Å². The van der Waals surface area contributed by atoms with Crippen LogP contribution in [0.25, 0.3) is 0 Å². The Balaban J connectivity index is 2.05. The molecule has 1 aromatic carbocycles. The van der Waals surface area contributed by atoms with Crippen molar-refractivity contribution >= 4 is 0 Å². The first-order valence-electron chi connectivity index (χ1n) is 6.24. The zero-order valence-electron chi connectivity index (χ0n) is 9.93. The number of rotatable bonds is 5. The molecule has 2 rings (SSSR count). The molecule has 1 heterocycles. The van der Waals surface area contributed by atoms with Gasteiger partial charge >= 0.3 is 0 Å². The molecule has 1 N–H and O–H groups in total. The van der Waals surface area contributed by atoms with Gasteiger partial charge in [0.05, 0.1) is 0 Å². The monoisotopic (exact) mass is 221 g/mol. The van der Waals surface area contributed by atoms with E-state index in [1.54, 1.807) is 12.1 Å². The van der Waals surface area contributed by atoms with Crippen LogP contribution in [0, 0.1) is 5.82 Å². The highest BCUT2D eigenvalue weighted by atomic mass is 19.1. The van der Waals surface area contributed by atoms with E-state index in [9.17, 15) is 4.39 Å². The molecule has 1 aliphatic rings. The van der Waals surface area contributed by atoms with E-state index < -0.39 is 0 Å². The maximum absolute atomic E-state index is 12.9. The van der Waals surface area contributed by atoms with Crippen LogP contribution in [-0.2, 0) is 5.41 Å². The van der Waals surface area contributed by atoms with E-state index in [0.29, 0.717) is 0 Å². The lowest BCUT2D eigenvalue weighted by atomic mass is 9.71. The lowest BCUT2D eigenvalue weighted by Gasteiger charge is -2.43. The van der Waals surface area contributed by atoms with Crippen molar-refractivity contribution in [3.05, 3.63) is 35.6 Å². The van der Waals surface area contributed by atoms with Gasteiger partial charge in [-0.1, -0.05) is 38.3 Å². The van der Waals surface area contributed by atoms with Crippen LogP contribution in [-0.4, -0.2) is 13.1 Å². The molecule has 16 heavy (non-hydrogen) atoms. The highest BCUT2D eigenvalue weighted by molar-refractivity contribution is 5.29. The SMILES string of the molecule is CCCCCC1(c2ccc(F)cc2)CNC1. The summed E-state index contributed by atoms with van der Waals surface area (Å²) in [4.78, 5) is 0. The standard InChI is InChI=1S/C14H20FN/c1-2-3-4-9-14(10-16-11-14)12-5-7-13(15)8-6-12/h5-8,16H,2-4,9-11H2,1H3. The van der Waals surface area contributed by atoms with Crippen molar-refractivity contribution in [2.75, 3.05) is 13.1 Å². The summed E-state index contributed by atoms with van der Waals surface area (Å²) in [5.74, 6) is -0.139. The van der Waals surface area contributed by atoms with E-state index in [2.05, 4.69) is 12.2 Å². The summed E-state index contributed by atoms with van der Waals surface area (Å²) in [6.45, 7) is 4.31. The maximum atomic E-state index is 12.9. The summed E-state index contributed by atoms with van der Waals surface area (Å²) < 4.78 is 12.9. The van der Waals surface area contributed by atoms with E-state index in [-0.39, 0.29) is 11.2 Å². The second-order valence-electron chi connectivity index (χ2n) is 4.85. The molecule has 0 atom stereocenters. The van der Waals surface area contributed by atoms with Gasteiger partial charge in [0.2, 0.25) is 0 Å². The number of unbranched alkanes of at least 4 members (excludes halogenated alkanes) is 2. The minimum absolute atomic E-state index is 0.139. The molecule has 1 nitrogen and oxygen atoms in total. The summed E-state index contributed by atoms with van der Waals surface area (Å²) in [6, 6.07) is 7.05. The van der Waals surface area contributed by atoms with Gasteiger partial charge in [0.1, 0.15) is 5.82 Å². The van der Waals surface area contributed by atoms with Crippen LogP contribution in [0.1, 0.15) is 38.2 Å². The van der Waals surface area contributed by atoms with Crippen molar-refractivity contribution in [3.63, 3.8) is 0 Å². The van der Waals surface area contributed by atoms with Crippen LogP contribution in [0.2, 0.25) is 0 Å². The van der Waals surface area contributed by atoms with Crippen LogP contribution >= 0.6 is 0 Å². The molecule has 0 spiro atoms. The van der Waals surface area contributed by atoms with E-state index in [1.165, 1.54) is 31.2 Å². The molecule has 1 aliphatic heterocycles. The zero-order valence-corrected chi connectivity index (χ0v) is 9.93. The molecular formula is C14H20FN. The molecule has 0 aliphatic carbocycles. The average Bonchev–Trinajstić information content (AvgIpc) is 2.24. The first kappa shape index (κ1) is 11.6. The minimum atomic E-state index is -0.139. The third kappa shape index (κ3) is 2.27. The third-order valence-electron chi connectivity index (χ3n) is 3.64. The summed E-state index contributed by atoms with van der Waals surface area (Å²) in [7, 11) is 0. The lowest BCUT2D eigenvalue weighted by Crippen LogP contribution is -2.56. The Morgan fingerprint density at radius 2 is 1.88 bits per heavy atom. The Kier molecular flexibility index (Phi) is 3.59. The predicted octanol–water partition coefficient (Wildman–Crippen LogP) is 3.25. The molecular weight excluding hydrogens is 201 g/mol. The fourth-order valence-electron chi connectivity index (χ4n) is 2.47. The molecule has 0 aromatic heterocycles. The fourth-order valence-corrected chi connectivity index (χ4v) is 2.47. The van der Waals surface area contributed by atoms with Crippen molar-refractivity contribution in [3.8, 4) is 0 Å². The van der Waals surface area contributed by atoms with Crippen LogP contribution in [0.5, 0.6) is 0 Å². The Bertz CT molecular complexity index is 327. The first-order chi connectivity index (χ1) is 7.77. The summed E-state index contributed by atoms with van der Waals surface area (Å²) in [5.41, 5.74) is 1.58. The molecule has 1 saturated heterocycles. The van der Waals surface area contributed by atoms with E-state index >= 15 is 0 Å². The maximum Gasteiger partial charge on any atom is 0.123 e. The van der Waals surface area contributed by atoms with Gasteiger partial charge in [0.25, 0.3) is 0 Å². The van der Waals surface area contributed by atoms with Gasteiger partial charge in [-0.25, -0.2) is 4.39 Å². The third-order valence-corrected chi connectivity index (χ3v) is 3.64. The van der Waals surface area contributed by atoms with Gasteiger partial charge in [-0.05, 0) is 24.1 Å². The molecule has 0 bridgehead atoms. The van der Waals surface area contributed by atoms with Crippen molar-refractivity contribution in [1.82, 2.24) is 5.32 Å². The van der Waals surface area contributed by atoms with Crippen molar-refractivity contribution in [1.29, 1.82) is 0 Å². The largest absolute Gasteiger partial charge is 0.315 e. The van der Waals surface area contributed by atoms with E-state index in [4.69, 9.17) is 0 Å². The molecule has 2 heteroatoms. The van der Waals surface area contributed by atoms with Gasteiger partial charge in [-0.2, -0.15) is 0 Å². The molecule has 0 saturated carbocycles. The summed E-state index contributed by atoms with van der Waals surface area (Å²) >= 11 is 0. The van der Waals surface area contributed by atoms with Crippen molar-refractivity contribution < 1.29 is 4.39 Å². The number of hydrogen-bond acceptors (Lipinski definition) is 1. The molecule has 1 fully saturated rings. The molecule has 0 amide bonds.